The van der Waals surface area contributed by atoms with Gasteiger partial charge in [0.15, 0.2) is 5.79 Å². The van der Waals surface area contributed by atoms with Gasteiger partial charge in [0.2, 0.25) is 5.78 Å². The molecule has 3 heterocycles. The Balaban J connectivity index is 1.79. The molecule has 0 radical (unpaired) electrons. The number of allylic oxidation sites excluding steroid dienone is 4. The van der Waals surface area contributed by atoms with Crippen molar-refractivity contribution in [3.05, 3.63) is 46.4 Å². The summed E-state index contributed by atoms with van der Waals surface area (Å²) in [5.41, 5.74) is -0.446. The van der Waals surface area contributed by atoms with Crippen molar-refractivity contribution in [3.8, 4) is 0 Å². The number of hydrogen-bond acceptors (Lipinski definition) is 6. The fourth-order valence-corrected chi connectivity index (χ4v) is 5.12. The van der Waals surface area contributed by atoms with Crippen LogP contribution in [0.4, 0.5) is 0 Å². The highest BCUT2D eigenvalue weighted by atomic mass is 35.5. The molecule has 6 nitrogen and oxygen atoms in total. The summed E-state index contributed by atoms with van der Waals surface area (Å²) >= 11 is 6.48. The van der Waals surface area contributed by atoms with Crippen molar-refractivity contribution >= 4 is 23.4 Å². The summed E-state index contributed by atoms with van der Waals surface area (Å²) in [4.78, 5) is 26.1. The molecule has 162 valence electrons. The average Bonchev–Trinajstić information content (AvgIpc) is 2.98. The number of rotatable bonds is 3. The minimum absolute atomic E-state index is 0.00839. The molecule has 1 N–H and O–H groups in total. The fourth-order valence-electron chi connectivity index (χ4n) is 4.77. The predicted molar refractivity (Wildman–Crippen MR) is 110 cm³/mol. The molecule has 7 atom stereocenters. The average molecular weight is 435 g/mol. The van der Waals surface area contributed by atoms with E-state index in [9.17, 15) is 14.7 Å². The van der Waals surface area contributed by atoms with Crippen LogP contribution in [0.1, 0.15) is 41.0 Å². The minimum Gasteiger partial charge on any atom is -0.465 e. The SMILES string of the molecule is CC[C@H](C)/C=C/C1=CC2=C(Cl)C(=O)[C@@]3(C)O[C@]4(O)[C@H](C)[C@@H](C)OC(=O)[C@@H]4[C@H]3C2=CO1. The van der Waals surface area contributed by atoms with E-state index in [1.54, 1.807) is 26.8 Å². The Morgan fingerprint density at radius 2 is 2.00 bits per heavy atom. The van der Waals surface area contributed by atoms with E-state index in [2.05, 4.69) is 13.8 Å². The highest BCUT2D eigenvalue weighted by Crippen LogP contribution is 2.60. The predicted octanol–water partition coefficient (Wildman–Crippen LogP) is 3.75. The molecule has 0 aromatic carbocycles. The summed E-state index contributed by atoms with van der Waals surface area (Å²) in [6, 6.07) is 0. The number of Topliss-reactive ketones (excluding diaryl/α,β-unsaturated/α-hetero) is 1. The van der Waals surface area contributed by atoms with Gasteiger partial charge in [-0.05, 0) is 31.9 Å². The molecule has 0 bridgehead atoms. The van der Waals surface area contributed by atoms with Gasteiger partial charge >= 0.3 is 5.97 Å². The van der Waals surface area contributed by atoms with Gasteiger partial charge in [0.1, 0.15) is 23.4 Å². The first-order valence-corrected chi connectivity index (χ1v) is 10.8. The molecule has 2 saturated heterocycles. The van der Waals surface area contributed by atoms with Crippen LogP contribution in [0.2, 0.25) is 0 Å². The molecule has 2 fully saturated rings. The largest absolute Gasteiger partial charge is 0.465 e. The first kappa shape index (κ1) is 21.3. The Labute approximate surface area is 181 Å². The number of ketones is 1. The minimum atomic E-state index is -1.84. The molecular weight excluding hydrogens is 408 g/mol. The number of esters is 1. The van der Waals surface area contributed by atoms with E-state index in [4.69, 9.17) is 25.8 Å². The number of ether oxygens (including phenoxy) is 3. The maximum atomic E-state index is 13.3. The Morgan fingerprint density at radius 3 is 2.67 bits per heavy atom. The quantitative estimate of drug-likeness (QED) is 0.681. The van der Waals surface area contributed by atoms with E-state index in [-0.39, 0.29) is 5.03 Å². The van der Waals surface area contributed by atoms with Gasteiger partial charge in [-0.3, -0.25) is 9.59 Å². The molecule has 30 heavy (non-hydrogen) atoms. The van der Waals surface area contributed by atoms with Gasteiger partial charge < -0.3 is 19.3 Å². The van der Waals surface area contributed by atoms with Gasteiger partial charge in [0.05, 0.1) is 11.3 Å². The Bertz CT molecular complexity index is 930. The van der Waals surface area contributed by atoms with Crippen LogP contribution in [0.15, 0.2) is 46.4 Å². The second kappa shape index (κ2) is 7.08. The normalized spacial score (nSPS) is 41.4. The zero-order valence-corrected chi connectivity index (χ0v) is 18.5. The number of aliphatic hydroxyl groups is 1. The maximum absolute atomic E-state index is 13.3. The number of hydrogen-bond donors (Lipinski definition) is 1. The molecule has 0 aromatic heterocycles. The highest BCUT2D eigenvalue weighted by Gasteiger charge is 2.72. The van der Waals surface area contributed by atoms with E-state index in [0.717, 1.165) is 6.42 Å². The van der Waals surface area contributed by atoms with Crippen molar-refractivity contribution < 1.29 is 28.9 Å². The highest BCUT2D eigenvalue weighted by molar-refractivity contribution is 6.45. The Kier molecular flexibility index (Phi) is 5.03. The lowest BCUT2D eigenvalue weighted by Gasteiger charge is -2.42. The first-order chi connectivity index (χ1) is 14.0. The van der Waals surface area contributed by atoms with Crippen LogP contribution < -0.4 is 0 Å². The summed E-state index contributed by atoms with van der Waals surface area (Å²) in [5, 5.41) is 11.4. The standard InChI is InChI=1S/C23H27ClO6/c1-6-11(2)7-8-14-9-15-16(10-28-14)17-18-21(26)29-13(4)12(3)23(18,27)30-22(17,5)20(25)19(15)24/h7-13,17-18,27H,6H2,1-5H3/b8-7+/t11-,12+,13+,17+,18-,22-,23+/m0/s1. The lowest BCUT2D eigenvalue weighted by Crippen LogP contribution is -2.56. The van der Waals surface area contributed by atoms with Gasteiger partial charge in [0.25, 0.3) is 0 Å². The zero-order chi connectivity index (χ0) is 22.0. The molecule has 0 saturated carbocycles. The maximum Gasteiger partial charge on any atom is 0.315 e. The number of cyclic esters (lactones) is 1. The van der Waals surface area contributed by atoms with Crippen molar-refractivity contribution in [1.29, 1.82) is 0 Å². The van der Waals surface area contributed by atoms with Crippen LogP contribution in [-0.2, 0) is 23.8 Å². The summed E-state index contributed by atoms with van der Waals surface area (Å²) in [6.45, 7) is 9.20. The van der Waals surface area contributed by atoms with E-state index in [1.165, 1.54) is 6.26 Å². The third-order valence-electron chi connectivity index (χ3n) is 7.03. The molecule has 7 heteroatoms. The van der Waals surface area contributed by atoms with Crippen LogP contribution in [-0.4, -0.2) is 34.4 Å². The lowest BCUT2D eigenvalue weighted by atomic mass is 9.65. The van der Waals surface area contributed by atoms with Gasteiger partial charge in [-0.2, -0.15) is 0 Å². The van der Waals surface area contributed by atoms with Crippen molar-refractivity contribution in [3.63, 3.8) is 0 Å². The molecule has 1 aliphatic carbocycles. The molecule has 4 rings (SSSR count). The van der Waals surface area contributed by atoms with Crippen molar-refractivity contribution in [2.24, 2.45) is 23.7 Å². The molecule has 0 aromatic rings. The lowest BCUT2D eigenvalue weighted by molar-refractivity contribution is -0.286. The number of halogens is 1. The summed E-state index contributed by atoms with van der Waals surface area (Å²) in [5.74, 6) is -4.31. The van der Waals surface area contributed by atoms with Crippen molar-refractivity contribution in [2.45, 2.75) is 58.5 Å². The number of carbonyl (C=O) groups is 2. The summed E-state index contributed by atoms with van der Waals surface area (Å²) in [7, 11) is 0. The van der Waals surface area contributed by atoms with Crippen molar-refractivity contribution in [2.75, 3.05) is 0 Å². The second-order valence-electron chi connectivity index (χ2n) is 8.89. The van der Waals surface area contributed by atoms with Crippen LogP contribution in [0, 0.1) is 23.7 Å². The smallest absolute Gasteiger partial charge is 0.315 e. The zero-order valence-electron chi connectivity index (χ0n) is 17.8. The topological polar surface area (TPSA) is 82.1 Å². The van der Waals surface area contributed by atoms with E-state index >= 15 is 0 Å². The van der Waals surface area contributed by atoms with E-state index in [0.29, 0.717) is 22.8 Å². The second-order valence-corrected chi connectivity index (χ2v) is 9.26. The third-order valence-corrected chi connectivity index (χ3v) is 7.41. The molecule has 3 aliphatic heterocycles. The monoisotopic (exact) mass is 434 g/mol. The van der Waals surface area contributed by atoms with Crippen molar-refractivity contribution in [1.82, 2.24) is 0 Å². The van der Waals surface area contributed by atoms with Gasteiger partial charge in [-0.1, -0.05) is 44.9 Å². The Hall–Kier alpha value is -1.89. The molecule has 4 aliphatic rings. The van der Waals surface area contributed by atoms with Gasteiger partial charge in [-0.15, -0.1) is 0 Å². The van der Waals surface area contributed by atoms with Crippen LogP contribution >= 0.6 is 11.6 Å². The first-order valence-electron chi connectivity index (χ1n) is 10.4. The number of fused-ring (bicyclic) bond motifs is 5. The third kappa shape index (κ3) is 2.84. The van der Waals surface area contributed by atoms with Gasteiger partial charge in [0, 0.05) is 23.0 Å². The van der Waals surface area contributed by atoms with Crippen LogP contribution in [0.3, 0.4) is 0 Å². The van der Waals surface area contributed by atoms with E-state index in [1.807, 2.05) is 12.2 Å². The van der Waals surface area contributed by atoms with Crippen LogP contribution in [0.5, 0.6) is 0 Å². The summed E-state index contributed by atoms with van der Waals surface area (Å²) in [6.07, 6.45) is 7.52. The van der Waals surface area contributed by atoms with E-state index < -0.39 is 47.0 Å². The molecule has 0 amide bonds. The molecular formula is C23H27ClO6. The van der Waals surface area contributed by atoms with Crippen LogP contribution in [0.25, 0.3) is 0 Å². The fraction of sp³-hybridized carbons (Fsp3) is 0.565. The Morgan fingerprint density at radius 1 is 1.30 bits per heavy atom. The molecule has 0 unspecified atom stereocenters. The van der Waals surface area contributed by atoms with Gasteiger partial charge in [-0.25, -0.2) is 0 Å². The number of carbonyl (C=O) groups excluding carboxylic acids is 2. The molecule has 0 spiro atoms. The summed E-state index contributed by atoms with van der Waals surface area (Å²) < 4.78 is 17.3.